The fourth-order valence-electron chi connectivity index (χ4n) is 2.85. The van der Waals surface area contributed by atoms with E-state index >= 15 is 0 Å². The van der Waals surface area contributed by atoms with Gasteiger partial charge in [0.05, 0.1) is 19.1 Å². The van der Waals surface area contributed by atoms with E-state index in [9.17, 15) is 4.79 Å². The van der Waals surface area contributed by atoms with Gasteiger partial charge in [-0.05, 0) is 36.5 Å². The standard InChI is InChI=1S/C17H23ClN2O2.ClH/c18-15-3-1-2-14(10-15)16-11-19-7-8-20(16)17(21)6-9-22-12-13-4-5-13;/h1-3,10,13,16,19H,4-9,11-12H2;1H. The number of halogens is 2. The summed E-state index contributed by atoms with van der Waals surface area (Å²) in [6.45, 7) is 3.69. The summed E-state index contributed by atoms with van der Waals surface area (Å²) in [5.41, 5.74) is 1.09. The van der Waals surface area contributed by atoms with Gasteiger partial charge >= 0.3 is 0 Å². The van der Waals surface area contributed by atoms with Gasteiger partial charge in [-0.25, -0.2) is 0 Å². The van der Waals surface area contributed by atoms with E-state index in [2.05, 4.69) is 5.32 Å². The zero-order valence-electron chi connectivity index (χ0n) is 13.2. The summed E-state index contributed by atoms with van der Waals surface area (Å²) in [5.74, 6) is 0.913. The molecular formula is C17H24Cl2N2O2. The highest BCUT2D eigenvalue weighted by Gasteiger charge is 2.28. The van der Waals surface area contributed by atoms with Crippen molar-refractivity contribution >= 4 is 29.9 Å². The molecule has 1 aromatic rings. The van der Waals surface area contributed by atoms with E-state index in [-0.39, 0.29) is 24.4 Å². The number of nitrogens with one attached hydrogen (secondary N) is 1. The van der Waals surface area contributed by atoms with Crippen molar-refractivity contribution in [3.8, 4) is 0 Å². The molecule has 4 nitrogen and oxygen atoms in total. The monoisotopic (exact) mass is 358 g/mol. The molecule has 1 aliphatic heterocycles. The summed E-state index contributed by atoms with van der Waals surface area (Å²) < 4.78 is 5.59. The molecule has 2 fully saturated rings. The van der Waals surface area contributed by atoms with Crippen LogP contribution in [0.2, 0.25) is 5.02 Å². The van der Waals surface area contributed by atoms with Crippen molar-refractivity contribution < 1.29 is 9.53 Å². The molecule has 1 N–H and O–H groups in total. The largest absolute Gasteiger partial charge is 0.381 e. The van der Waals surface area contributed by atoms with E-state index in [0.29, 0.717) is 18.1 Å². The van der Waals surface area contributed by atoms with Crippen molar-refractivity contribution in [2.75, 3.05) is 32.8 Å². The highest BCUT2D eigenvalue weighted by Crippen LogP contribution is 2.29. The Hall–Kier alpha value is -0.810. The SMILES string of the molecule is Cl.O=C(CCOCC1CC1)N1CCNCC1c1cccc(Cl)c1. The second kappa shape index (κ2) is 8.88. The van der Waals surface area contributed by atoms with Crippen LogP contribution in [0.4, 0.5) is 0 Å². The number of nitrogens with zero attached hydrogens (tertiary/aromatic N) is 1. The van der Waals surface area contributed by atoms with E-state index in [4.69, 9.17) is 16.3 Å². The van der Waals surface area contributed by atoms with Crippen LogP contribution in [0.5, 0.6) is 0 Å². The third-order valence-corrected chi connectivity index (χ3v) is 4.54. The van der Waals surface area contributed by atoms with Crippen LogP contribution in [0.1, 0.15) is 30.9 Å². The van der Waals surface area contributed by atoms with Gasteiger partial charge < -0.3 is 15.0 Å². The molecule has 1 aliphatic carbocycles. The van der Waals surface area contributed by atoms with Crippen LogP contribution in [0.3, 0.4) is 0 Å². The Morgan fingerprint density at radius 1 is 1.39 bits per heavy atom. The summed E-state index contributed by atoms with van der Waals surface area (Å²) in [6, 6.07) is 7.84. The van der Waals surface area contributed by atoms with E-state index < -0.39 is 0 Å². The molecule has 128 valence electrons. The maximum atomic E-state index is 12.5. The van der Waals surface area contributed by atoms with E-state index in [1.54, 1.807) is 0 Å². The second-order valence-electron chi connectivity index (χ2n) is 6.13. The molecule has 1 saturated carbocycles. The molecule has 0 aromatic heterocycles. The summed E-state index contributed by atoms with van der Waals surface area (Å²) in [7, 11) is 0. The number of hydrogen-bond acceptors (Lipinski definition) is 3. The Labute approximate surface area is 148 Å². The molecule has 0 radical (unpaired) electrons. The lowest BCUT2D eigenvalue weighted by Gasteiger charge is -2.36. The maximum absolute atomic E-state index is 12.5. The molecule has 6 heteroatoms. The minimum absolute atomic E-state index is 0. The summed E-state index contributed by atoms with van der Waals surface area (Å²) in [5, 5.41) is 4.07. The van der Waals surface area contributed by atoms with Crippen molar-refractivity contribution in [3.63, 3.8) is 0 Å². The molecule has 3 rings (SSSR count). The van der Waals surface area contributed by atoms with Gasteiger partial charge in [0.15, 0.2) is 0 Å². The summed E-state index contributed by atoms with van der Waals surface area (Å²) in [4.78, 5) is 14.5. The number of carbonyl (C=O) groups is 1. The third-order valence-electron chi connectivity index (χ3n) is 4.31. The lowest BCUT2D eigenvalue weighted by molar-refractivity contribution is -0.135. The second-order valence-corrected chi connectivity index (χ2v) is 6.57. The molecular weight excluding hydrogens is 335 g/mol. The Balaban J connectivity index is 0.00000192. The average molecular weight is 359 g/mol. The number of carbonyl (C=O) groups excluding carboxylic acids is 1. The summed E-state index contributed by atoms with van der Waals surface area (Å²) in [6.07, 6.45) is 3.02. The topological polar surface area (TPSA) is 41.6 Å². The van der Waals surface area contributed by atoms with Crippen LogP contribution >= 0.6 is 24.0 Å². The van der Waals surface area contributed by atoms with E-state index in [0.717, 1.165) is 37.7 Å². The number of hydrogen-bond donors (Lipinski definition) is 1. The Morgan fingerprint density at radius 3 is 2.96 bits per heavy atom. The molecule has 0 spiro atoms. The van der Waals surface area contributed by atoms with Gasteiger partial charge in [0, 0.05) is 31.3 Å². The van der Waals surface area contributed by atoms with Crippen molar-refractivity contribution in [2.24, 2.45) is 5.92 Å². The van der Waals surface area contributed by atoms with Crippen LogP contribution < -0.4 is 5.32 Å². The first-order valence-electron chi connectivity index (χ1n) is 8.07. The van der Waals surface area contributed by atoms with Crippen molar-refractivity contribution in [1.29, 1.82) is 0 Å². The molecule has 0 bridgehead atoms. The number of piperazine rings is 1. The van der Waals surface area contributed by atoms with Gasteiger partial charge in [0.25, 0.3) is 0 Å². The molecule has 1 unspecified atom stereocenters. The van der Waals surface area contributed by atoms with Crippen LogP contribution in [0.15, 0.2) is 24.3 Å². The predicted molar refractivity (Wildman–Crippen MR) is 94.2 cm³/mol. The summed E-state index contributed by atoms with van der Waals surface area (Å²) >= 11 is 6.09. The Kier molecular flexibility index (Phi) is 7.15. The number of benzene rings is 1. The molecule has 1 amide bonds. The van der Waals surface area contributed by atoms with Gasteiger partial charge in [0.2, 0.25) is 5.91 Å². The first-order valence-corrected chi connectivity index (χ1v) is 8.45. The first kappa shape index (κ1) is 18.5. The minimum Gasteiger partial charge on any atom is -0.381 e. The van der Waals surface area contributed by atoms with Gasteiger partial charge in [-0.1, -0.05) is 23.7 Å². The fourth-order valence-corrected chi connectivity index (χ4v) is 3.05. The highest BCUT2D eigenvalue weighted by molar-refractivity contribution is 6.30. The van der Waals surface area contributed by atoms with Crippen LogP contribution in [-0.4, -0.2) is 43.7 Å². The Morgan fingerprint density at radius 2 is 2.22 bits per heavy atom. The van der Waals surface area contributed by atoms with E-state index in [1.165, 1.54) is 12.8 Å². The molecule has 1 atom stereocenters. The predicted octanol–water partition coefficient (Wildman–Crippen LogP) is 3.05. The molecule has 1 aromatic carbocycles. The smallest absolute Gasteiger partial charge is 0.225 e. The molecule has 1 saturated heterocycles. The van der Waals surface area contributed by atoms with Crippen LogP contribution in [-0.2, 0) is 9.53 Å². The molecule has 23 heavy (non-hydrogen) atoms. The zero-order chi connectivity index (χ0) is 15.4. The zero-order valence-corrected chi connectivity index (χ0v) is 14.7. The fraction of sp³-hybridized carbons (Fsp3) is 0.588. The highest BCUT2D eigenvalue weighted by atomic mass is 35.5. The van der Waals surface area contributed by atoms with Gasteiger partial charge in [-0.2, -0.15) is 0 Å². The lowest BCUT2D eigenvalue weighted by atomic mass is 10.0. The maximum Gasteiger partial charge on any atom is 0.225 e. The van der Waals surface area contributed by atoms with Crippen molar-refractivity contribution in [1.82, 2.24) is 10.2 Å². The van der Waals surface area contributed by atoms with Gasteiger partial charge in [-0.15, -0.1) is 12.4 Å². The van der Waals surface area contributed by atoms with Crippen molar-refractivity contribution in [2.45, 2.75) is 25.3 Å². The lowest BCUT2D eigenvalue weighted by Crippen LogP contribution is -2.48. The first-order chi connectivity index (χ1) is 10.7. The number of rotatable bonds is 6. The van der Waals surface area contributed by atoms with Gasteiger partial charge in [-0.3, -0.25) is 4.79 Å². The normalized spacial score (nSPS) is 20.9. The average Bonchev–Trinajstić information content (AvgIpc) is 3.36. The van der Waals surface area contributed by atoms with Gasteiger partial charge in [0.1, 0.15) is 0 Å². The number of ether oxygens (including phenoxy) is 1. The Bertz CT molecular complexity index is 523. The minimum atomic E-state index is 0. The van der Waals surface area contributed by atoms with Crippen LogP contribution in [0.25, 0.3) is 0 Å². The quantitative estimate of drug-likeness (QED) is 0.794. The van der Waals surface area contributed by atoms with E-state index in [1.807, 2.05) is 29.2 Å². The van der Waals surface area contributed by atoms with Crippen LogP contribution in [0, 0.1) is 5.92 Å². The molecule has 1 heterocycles. The number of amides is 1. The van der Waals surface area contributed by atoms with Crippen molar-refractivity contribution in [3.05, 3.63) is 34.9 Å². The molecule has 2 aliphatic rings. The third kappa shape index (κ3) is 5.35.